The Morgan fingerprint density at radius 3 is 2.15 bits per heavy atom. The first kappa shape index (κ1) is 25.3. The van der Waals surface area contributed by atoms with Crippen LogP contribution in [0.5, 0.6) is 0 Å². The van der Waals surface area contributed by atoms with Gasteiger partial charge in [0.2, 0.25) is 5.91 Å². The topological polar surface area (TPSA) is 90.0 Å². The third kappa shape index (κ3) is 5.60. The molecular formula is C22H27ClF3N3O4. The minimum absolute atomic E-state index is 0.0553. The summed E-state index contributed by atoms with van der Waals surface area (Å²) in [5, 5.41) is 11.0. The predicted octanol–water partition coefficient (Wildman–Crippen LogP) is 3.06. The Morgan fingerprint density at radius 1 is 1.15 bits per heavy atom. The summed E-state index contributed by atoms with van der Waals surface area (Å²) in [6.45, 7) is 4.03. The van der Waals surface area contributed by atoms with E-state index in [1.807, 2.05) is 29.2 Å². The Bertz CT molecular complexity index is 882. The van der Waals surface area contributed by atoms with Crippen LogP contribution in [0.2, 0.25) is 5.02 Å². The summed E-state index contributed by atoms with van der Waals surface area (Å²) in [6.07, 6.45) is -0.771. The van der Waals surface area contributed by atoms with Crippen LogP contribution < -0.4 is 5.32 Å². The van der Waals surface area contributed by atoms with Crippen molar-refractivity contribution in [2.45, 2.75) is 56.9 Å². The van der Waals surface area contributed by atoms with Gasteiger partial charge in [-0.05, 0) is 49.3 Å². The lowest BCUT2D eigenvalue weighted by Gasteiger charge is -2.56. The number of hydrogen-bond donors (Lipinski definition) is 2. The number of aliphatic carboxylic acids is 1. The molecule has 2 amide bonds. The lowest BCUT2D eigenvalue weighted by Crippen LogP contribution is -2.80. The molecule has 7 nitrogen and oxygen atoms in total. The quantitative estimate of drug-likeness (QED) is 0.681. The Hall–Kier alpha value is -2.33. The van der Waals surface area contributed by atoms with Crippen molar-refractivity contribution >= 4 is 29.4 Å². The summed E-state index contributed by atoms with van der Waals surface area (Å²) >= 11 is 5.96. The van der Waals surface area contributed by atoms with Gasteiger partial charge in [0, 0.05) is 30.7 Å². The molecule has 2 heterocycles. The molecule has 2 N–H and O–H groups in total. The average molecular weight is 490 g/mol. The number of hydrogen-bond acceptors (Lipinski definition) is 4. The number of alkyl halides is 3. The molecule has 33 heavy (non-hydrogen) atoms. The van der Waals surface area contributed by atoms with Crippen LogP contribution in [0.3, 0.4) is 0 Å². The molecular weight excluding hydrogens is 463 g/mol. The monoisotopic (exact) mass is 489 g/mol. The zero-order valence-electron chi connectivity index (χ0n) is 18.2. The van der Waals surface area contributed by atoms with Gasteiger partial charge >= 0.3 is 12.1 Å². The highest BCUT2D eigenvalue weighted by Crippen LogP contribution is 2.35. The van der Waals surface area contributed by atoms with Gasteiger partial charge in [0.1, 0.15) is 12.1 Å². The number of carboxylic acids is 1. The van der Waals surface area contributed by atoms with Gasteiger partial charge in [0.25, 0.3) is 5.91 Å². The number of carbonyl (C=O) groups excluding carboxylic acids is 2. The lowest BCUT2D eigenvalue weighted by atomic mass is 9.81. The lowest BCUT2D eigenvalue weighted by molar-refractivity contribution is -0.192. The number of piperazine rings is 1. The van der Waals surface area contributed by atoms with E-state index in [2.05, 4.69) is 12.2 Å². The molecule has 1 aliphatic carbocycles. The van der Waals surface area contributed by atoms with E-state index in [4.69, 9.17) is 21.5 Å². The molecule has 0 atom stereocenters. The molecule has 0 radical (unpaired) electrons. The van der Waals surface area contributed by atoms with E-state index in [0.29, 0.717) is 24.7 Å². The third-order valence-corrected chi connectivity index (χ3v) is 6.79. The SMILES string of the molecule is CC1CCC(N2CC(=O)N(Cc3ccc(Cl)cc3)C3(CNC3)C2=O)CC1.O=C(O)C(F)(F)F. The predicted molar refractivity (Wildman–Crippen MR) is 114 cm³/mol. The van der Waals surface area contributed by atoms with Crippen LogP contribution in [0.1, 0.15) is 38.2 Å². The highest BCUT2D eigenvalue weighted by Gasteiger charge is 2.57. The molecule has 1 aromatic rings. The number of amides is 2. The van der Waals surface area contributed by atoms with Crippen LogP contribution in [0.4, 0.5) is 13.2 Å². The minimum atomic E-state index is -5.08. The van der Waals surface area contributed by atoms with E-state index in [1.165, 1.54) is 0 Å². The van der Waals surface area contributed by atoms with Gasteiger partial charge in [-0.25, -0.2) is 4.79 Å². The molecule has 1 spiro atoms. The molecule has 11 heteroatoms. The molecule has 2 aliphatic heterocycles. The fourth-order valence-electron chi connectivity index (χ4n) is 4.49. The maximum atomic E-state index is 13.4. The normalized spacial score (nSPS) is 24.8. The minimum Gasteiger partial charge on any atom is -0.475 e. The van der Waals surface area contributed by atoms with Crippen molar-refractivity contribution in [2.24, 2.45) is 5.92 Å². The molecule has 182 valence electrons. The van der Waals surface area contributed by atoms with Crippen LogP contribution in [-0.4, -0.2) is 70.1 Å². The van der Waals surface area contributed by atoms with Crippen molar-refractivity contribution < 1.29 is 32.7 Å². The molecule has 0 aromatic heterocycles. The van der Waals surface area contributed by atoms with Gasteiger partial charge in [0.05, 0.1) is 0 Å². The van der Waals surface area contributed by atoms with E-state index >= 15 is 0 Å². The van der Waals surface area contributed by atoms with E-state index in [0.717, 1.165) is 37.2 Å². The molecule has 2 saturated heterocycles. The van der Waals surface area contributed by atoms with Gasteiger partial charge in [-0.3, -0.25) is 9.59 Å². The van der Waals surface area contributed by atoms with E-state index < -0.39 is 17.7 Å². The summed E-state index contributed by atoms with van der Waals surface area (Å²) in [7, 11) is 0. The highest BCUT2D eigenvalue weighted by atomic mass is 35.5. The number of nitrogens with one attached hydrogen (secondary N) is 1. The fourth-order valence-corrected chi connectivity index (χ4v) is 4.62. The summed E-state index contributed by atoms with van der Waals surface area (Å²) in [6, 6.07) is 7.73. The Kier molecular flexibility index (Phi) is 7.58. The van der Waals surface area contributed by atoms with Crippen molar-refractivity contribution in [3.63, 3.8) is 0 Å². The van der Waals surface area contributed by atoms with Gasteiger partial charge in [-0.15, -0.1) is 0 Å². The first-order valence-electron chi connectivity index (χ1n) is 10.8. The van der Waals surface area contributed by atoms with Gasteiger partial charge in [-0.2, -0.15) is 13.2 Å². The number of carbonyl (C=O) groups is 3. The second-order valence-electron chi connectivity index (χ2n) is 8.89. The number of benzene rings is 1. The summed E-state index contributed by atoms with van der Waals surface area (Å²) < 4.78 is 31.7. The summed E-state index contributed by atoms with van der Waals surface area (Å²) in [5.41, 5.74) is 0.291. The smallest absolute Gasteiger partial charge is 0.475 e. The van der Waals surface area contributed by atoms with Gasteiger partial charge in [-0.1, -0.05) is 30.7 Å². The van der Waals surface area contributed by atoms with Crippen molar-refractivity contribution in [2.75, 3.05) is 19.6 Å². The largest absolute Gasteiger partial charge is 0.490 e. The second-order valence-corrected chi connectivity index (χ2v) is 9.33. The van der Waals surface area contributed by atoms with Gasteiger partial charge in [0.15, 0.2) is 0 Å². The number of rotatable bonds is 3. The van der Waals surface area contributed by atoms with Crippen LogP contribution in [0, 0.1) is 5.92 Å². The molecule has 1 saturated carbocycles. The number of halogens is 4. The van der Waals surface area contributed by atoms with Crippen molar-refractivity contribution in [1.82, 2.24) is 15.1 Å². The summed E-state index contributed by atoms with van der Waals surface area (Å²) in [4.78, 5) is 39.0. The van der Waals surface area contributed by atoms with E-state index in [9.17, 15) is 22.8 Å². The first-order valence-corrected chi connectivity index (χ1v) is 11.2. The van der Waals surface area contributed by atoms with Gasteiger partial charge < -0.3 is 20.2 Å². The summed E-state index contributed by atoms with van der Waals surface area (Å²) in [5.74, 6) is -1.85. The average Bonchev–Trinajstić information content (AvgIpc) is 2.71. The van der Waals surface area contributed by atoms with Crippen LogP contribution in [0.25, 0.3) is 0 Å². The second kappa shape index (κ2) is 9.89. The Balaban J connectivity index is 0.000000383. The molecule has 4 rings (SSSR count). The van der Waals surface area contributed by atoms with Crippen LogP contribution in [0.15, 0.2) is 24.3 Å². The molecule has 3 fully saturated rings. The van der Waals surface area contributed by atoms with Crippen molar-refractivity contribution in [1.29, 1.82) is 0 Å². The fraction of sp³-hybridized carbons (Fsp3) is 0.591. The third-order valence-electron chi connectivity index (χ3n) is 6.54. The first-order chi connectivity index (χ1) is 15.4. The zero-order chi connectivity index (χ0) is 24.4. The maximum absolute atomic E-state index is 13.4. The van der Waals surface area contributed by atoms with Crippen molar-refractivity contribution in [3.05, 3.63) is 34.9 Å². The van der Waals surface area contributed by atoms with E-state index in [-0.39, 0.29) is 24.4 Å². The van der Waals surface area contributed by atoms with E-state index in [1.54, 1.807) is 4.90 Å². The highest BCUT2D eigenvalue weighted by molar-refractivity contribution is 6.30. The van der Waals surface area contributed by atoms with Crippen LogP contribution >= 0.6 is 11.6 Å². The van der Waals surface area contributed by atoms with Crippen molar-refractivity contribution in [3.8, 4) is 0 Å². The molecule has 0 bridgehead atoms. The zero-order valence-corrected chi connectivity index (χ0v) is 19.0. The molecule has 3 aliphatic rings. The molecule has 0 unspecified atom stereocenters. The molecule has 1 aromatic carbocycles. The Morgan fingerprint density at radius 2 is 1.70 bits per heavy atom. The number of nitrogens with zero attached hydrogens (tertiary/aromatic N) is 2. The van der Waals surface area contributed by atoms with Crippen LogP contribution in [-0.2, 0) is 20.9 Å². The standard InChI is InChI=1S/C20H26ClN3O2.C2HF3O2/c1-14-2-8-17(9-3-14)23-11-18(25)24(20(19(23)26)12-22-13-20)10-15-4-6-16(21)7-5-15;3-2(4,5)1(6)7/h4-7,14,17,22H,2-3,8-13H2,1H3;(H,6,7). The maximum Gasteiger partial charge on any atom is 0.490 e. The Labute approximate surface area is 194 Å². The number of carboxylic acid groups (broad SMARTS) is 1.